The first-order chi connectivity index (χ1) is 12.7. The Bertz CT molecular complexity index is 734. The highest BCUT2D eigenvalue weighted by Gasteiger charge is 2.23. The largest absolute Gasteiger partial charge is 0.450 e. The monoisotopic (exact) mass is 360 g/mol. The molecule has 1 fully saturated rings. The van der Waals surface area contributed by atoms with Gasteiger partial charge in [0.2, 0.25) is 5.95 Å². The summed E-state index contributed by atoms with van der Waals surface area (Å²) in [6.45, 7) is 5.00. The number of piperazine rings is 1. The van der Waals surface area contributed by atoms with Crippen molar-refractivity contribution in [3.05, 3.63) is 41.8 Å². The van der Waals surface area contributed by atoms with Crippen LogP contribution in [0, 0.1) is 5.82 Å². The van der Waals surface area contributed by atoms with Gasteiger partial charge in [-0.2, -0.15) is 10.1 Å². The smallest absolute Gasteiger partial charge is 0.409 e. The van der Waals surface area contributed by atoms with E-state index in [1.54, 1.807) is 30.2 Å². The maximum Gasteiger partial charge on any atom is 0.409 e. The van der Waals surface area contributed by atoms with E-state index >= 15 is 0 Å². The maximum absolute atomic E-state index is 12.9. The summed E-state index contributed by atoms with van der Waals surface area (Å²) in [5, 5.41) is 11.2. The van der Waals surface area contributed by atoms with E-state index in [1.807, 2.05) is 4.90 Å². The third kappa shape index (κ3) is 4.56. The van der Waals surface area contributed by atoms with Crippen LogP contribution in [0.2, 0.25) is 0 Å². The predicted molar refractivity (Wildman–Crippen MR) is 94.4 cm³/mol. The van der Waals surface area contributed by atoms with E-state index in [4.69, 9.17) is 4.74 Å². The number of aromatic nitrogens is 3. The van der Waals surface area contributed by atoms with Crippen molar-refractivity contribution in [3.8, 4) is 0 Å². The average Bonchev–Trinajstić information content (AvgIpc) is 2.68. The molecule has 1 aromatic carbocycles. The third-order valence-electron chi connectivity index (χ3n) is 4.02. The molecule has 2 aromatic rings. The molecule has 1 aromatic heterocycles. The van der Waals surface area contributed by atoms with Crippen LogP contribution < -0.4 is 10.2 Å². The molecule has 0 unspecified atom stereocenters. The number of hydrogen-bond donors (Lipinski definition) is 1. The summed E-state index contributed by atoms with van der Waals surface area (Å²) >= 11 is 0. The van der Waals surface area contributed by atoms with Crippen LogP contribution in [0.1, 0.15) is 12.5 Å². The van der Waals surface area contributed by atoms with Gasteiger partial charge in [0, 0.05) is 32.7 Å². The quantitative estimate of drug-likeness (QED) is 0.872. The van der Waals surface area contributed by atoms with Crippen LogP contribution in [0.25, 0.3) is 0 Å². The second-order valence-corrected chi connectivity index (χ2v) is 5.79. The average molecular weight is 360 g/mol. The van der Waals surface area contributed by atoms with Gasteiger partial charge < -0.3 is 19.9 Å². The molecule has 0 aliphatic carbocycles. The van der Waals surface area contributed by atoms with Crippen molar-refractivity contribution in [3.63, 3.8) is 0 Å². The molecule has 3 rings (SSSR count). The van der Waals surface area contributed by atoms with Crippen LogP contribution in [0.3, 0.4) is 0 Å². The summed E-state index contributed by atoms with van der Waals surface area (Å²) in [5.41, 5.74) is 0.939. The van der Waals surface area contributed by atoms with E-state index in [9.17, 15) is 9.18 Å². The van der Waals surface area contributed by atoms with Crippen molar-refractivity contribution in [2.45, 2.75) is 13.5 Å². The Kier molecular flexibility index (Phi) is 5.77. The van der Waals surface area contributed by atoms with Gasteiger partial charge in [0.15, 0.2) is 5.82 Å². The zero-order valence-electron chi connectivity index (χ0n) is 14.6. The summed E-state index contributed by atoms with van der Waals surface area (Å²) in [7, 11) is 0. The molecule has 1 N–H and O–H groups in total. The van der Waals surface area contributed by atoms with Gasteiger partial charge >= 0.3 is 6.09 Å². The minimum absolute atomic E-state index is 0.262. The Morgan fingerprint density at radius 1 is 1.23 bits per heavy atom. The number of halogens is 1. The zero-order valence-corrected chi connectivity index (χ0v) is 14.6. The number of benzene rings is 1. The lowest BCUT2D eigenvalue weighted by molar-refractivity contribution is 0.105. The second kappa shape index (κ2) is 8.41. The van der Waals surface area contributed by atoms with Crippen LogP contribution in [-0.2, 0) is 11.3 Å². The van der Waals surface area contributed by atoms with Gasteiger partial charge in [-0.15, -0.1) is 5.10 Å². The number of carbonyl (C=O) groups excluding carboxylic acids is 1. The highest BCUT2D eigenvalue weighted by molar-refractivity contribution is 5.68. The second-order valence-electron chi connectivity index (χ2n) is 5.79. The Hall–Kier alpha value is -2.97. The van der Waals surface area contributed by atoms with Crippen molar-refractivity contribution in [1.29, 1.82) is 0 Å². The van der Waals surface area contributed by atoms with Gasteiger partial charge in [0.05, 0.1) is 12.8 Å². The van der Waals surface area contributed by atoms with Crippen LogP contribution in [0.15, 0.2) is 30.5 Å². The zero-order chi connectivity index (χ0) is 18.4. The van der Waals surface area contributed by atoms with Crippen LogP contribution in [0.4, 0.5) is 21.0 Å². The molecule has 0 radical (unpaired) electrons. The van der Waals surface area contributed by atoms with Crippen molar-refractivity contribution < 1.29 is 13.9 Å². The standard InChI is InChI=1S/C17H21FN6O2/c1-2-26-17(25)24-9-7-23(8-10-24)16-21-15(12-20-22-16)19-11-13-3-5-14(18)6-4-13/h3-6,12H,2,7-11H2,1H3,(H,19,21,22). The van der Waals surface area contributed by atoms with Gasteiger partial charge in [0.1, 0.15) is 5.82 Å². The summed E-state index contributed by atoms with van der Waals surface area (Å²) < 4.78 is 18.0. The van der Waals surface area contributed by atoms with E-state index in [0.717, 1.165) is 5.56 Å². The summed E-state index contributed by atoms with van der Waals surface area (Å²) in [5.74, 6) is 0.839. The van der Waals surface area contributed by atoms with E-state index in [1.165, 1.54) is 12.1 Å². The Morgan fingerprint density at radius 3 is 2.65 bits per heavy atom. The molecular weight excluding hydrogens is 339 g/mol. The maximum atomic E-state index is 12.9. The van der Waals surface area contributed by atoms with Crippen LogP contribution in [0.5, 0.6) is 0 Å². The van der Waals surface area contributed by atoms with E-state index in [0.29, 0.717) is 51.1 Å². The van der Waals surface area contributed by atoms with Gasteiger partial charge in [-0.3, -0.25) is 0 Å². The molecule has 1 aliphatic rings. The molecule has 0 saturated carbocycles. The highest BCUT2D eigenvalue weighted by atomic mass is 19.1. The lowest BCUT2D eigenvalue weighted by Gasteiger charge is -2.33. The molecule has 9 heteroatoms. The molecule has 8 nitrogen and oxygen atoms in total. The van der Waals surface area contributed by atoms with E-state index in [2.05, 4.69) is 20.5 Å². The molecular formula is C17H21FN6O2. The first-order valence-corrected chi connectivity index (χ1v) is 8.50. The molecule has 0 atom stereocenters. The molecule has 138 valence electrons. The number of carbonyl (C=O) groups is 1. The van der Waals surface area contributed by atoms with E-state index < -0.39 is 0 Å². The molecule has 1 aliphatic heterocycles. The fourth-order valence-electron chi connectivity index (χ4n) is 2.61. The molecule has 2 heterocycles. The molecule has 0 spiro atoms. The molecule has 26 heavy (non-hydrogen) atoms. The van der Waals surface area contributed by atoms with Crippen LogP contribution >= 0.6 is 0 Å². The summed E-state index contributed by atoms with van der Waals surface area (Å²) in [4.78, 5) is 19.9. The molecule has 0 bridgehead atoms. The molecule has 1 saturated heterocycles. The number of anilines is 2. The number of ether oxygens (including phenoxy) is 1. The lowest BCUT2D eigenvalue weighted by Crippen LogP contribution is -2.49. The van der Waals surface area contributed by atoms with E-state index in [-0.39, 0.29) is 11.9 Å². The summed E-state index contributed by atoms with van der Waals surface area (Å²) in [6, 6.07) is 6.27. The fraction of sp³-hybridized carbons (Fsp3) is 0.412. The van der Waals surface area contributed by atoms with Crippen molar-refractivity contribution in [2.75, 3.05) is 43.0 Å². The van der Waals surface area contributed by atoms with Gasteiger partial charge in [-0.05, 0) is 24.6 Å². The number of hydrogen-bond acceptors (Lipinski definition) is 7. The van der Waals surface area contributed by atoms with Gasteiger partial charge in [-0.1, -0.05) is 12.1 Å². The summed E-state index contributed by atoms with van der Waals surface area (Å²) in [6.07, 6.45) is 1.25. The Morgan fingerprint density at radius 2 is 1.96 bits per heavy atom. The van der Waals surface area contributed by atoms with Crippen molar-refractivity contribution in [2.24, 2.45) is 0 Å². The molecule has 1 amide bonds. The number of rotatable bonds is 5. The first kappa shape index (κ1) is 17.8. The first-order valence-electron chi connectivity index (χ1n) is 8.50. The number of nitrogens with zero attached hydrogens (tertiary/aromatic N) is 5. The minimum atomic E-state index is -0.291. The van der Waals surface area contributed by atoms with Gasteiger partial charge in [0.25, 0.3) is 0 Å². The van der Waals surface area contributed by atoms with Crippen molar-refractivity contribution >= 4 is 17.9 Å². The third-order valence-corrected chi connectivity index (χ3v) is 4.02. The van der Waals surface area contributed by atoms with Gasteiger partial charge in [-0.25, -0.2) is 9.18 Å². The number of nitrogens with one attached hydrogen (secondary N) is 1. The topological polar surface area (TPSA) is 83.5 Å². The normalized spacial score (nSPS) is 14.2. The fourth-order valence-corrected chi connectivity index (χ4v) is 2.61. The Labute approximate surface area is 151 Å². The lowest BCUT2D eigenvalue weighted by atomic mass is 10.2. The highest BCUT2D eigenvalue weighted by Crippen LogP contribution is 2.14. The Balaban J connectivity index is 1.56. The minimum Gasteiger partial charge on any atom is -0.450 e. The SMILES string of the molecule is CCOC(=O)N1CCN(c2nncc(NCc3ccc(F)cc3)n2)CC1. The number of amides is 1. The van der Waals surface area contributed by atoms with Crippen LogP contribution in [-0.4, -0.2) is 59.0 Å². The predicted octanol–water partition coefficient (Wildman–Crippen LogP) is 1.90. The van der Waals surface area contributed by atoms with Crippen molar-refractivity contribution in [1.82, 2.24) is 20.1 Å².